The maximum absolute atomic E-state index is 12.4. The molecular weight excluding hydrogens is 376 g/mol. The number of thiophene rings is 1. The Kier molecular flexibility index (Phi) is 5.35. The van der Waals surface area contributed by atoms with Crippen LogP contribution in [0.2, 0.25) is 0 Å². The predicted octanol–water partition coefficient (Wildman–Crippen LogP) is 3.62. The molecule has 2 heterocycles. The Morgan fingerprint density at radius 1 is 1.30 bits per heavy atom. The quantitative estimate of drug-likeness (QED) is 0.793. The van der Waals surface area contributed by atoms with E-state index in [-0.39, 0.29) is 5.91 Å². The molecule has 1 amide bonds. The number of hydrogen-bond donors (Lipinski definition) is 0. The van der Waals surface area contributed by atoms with Crippen molar-refractivity contribution in [3.63, 3.8) is 0 Å². The largest absolute Gasteiger partial charge is 0.378 e. The Labute approximate surface area is 148 Å². The number of amides is 1. The minimum absolute atomic E-state index is 0.0456. The van der Waals surface area contributed by atoms with Gasteiger partial charge in [-0.25, -0.2) is 0 Å². The molecule has 122 valence electrons. The van der Waals surface area contributed by atoms with Gasteiger partial charge >= 0.3 is 0 Å². The van der Waals surface area contributed by atoms with Crippen molar-refractivity contribution in [1.29, 1.82) is 0 Å². The number of halogens is 1. The van der Waals surface area contributed by atoms with Crippen LogP contribution in [0, 0.1) is 0 Å². The fourth-order valence-electron chi connectivity index (χ4n) is 2.62. The highest BCUT2D eigenvalue weighted by Gasteiger charge is 2.14. The van der Waals surface area contributed by atoms with E-state index >= 15 is 0 Å². The number of hydrogen-bond acceptors (Lipinski definition) is 4. The highest BCUT2D eigenvalue weighted by Crippen LogP contribution is 2.22. The first kappa shape index (κ1) is 16.5. The zero-order chi connectivity index (χ0) is 16.2. The standard InChI is InChI=1S/C17H19BrN2O2S/c1-19(17(21)14-10-16(18)23-12-14)11-13-2-4-15(5-3-13)20-6-8-22-9-7-20/h2-5,10,12H,6-9,11H2,1H3. The van der Waals surface area contributed by atoms with Crippen molar-refractivity contribution in [2.24, 2.45) is 0 Å². The average molecular weight is 395 g/mol. The van der Waals surface area contributed by atoms with Crippen LogP contribution in [0.15, 0.2) is 39.5 Å². The van der Waals surface area contributed by atoms with Gasteiger partial charge in [0.15, 0.2) is 0 Å². The van der Waals surface area contributed by atoms with Crippen LogP contribution in [0.1, 0.15) is 15.9 Å². The summed E-state index contributed by atoms with van der Waals surface area (Å²) in [6.07, 6.45) is 0. The van der Waals surface area contributed by atoms with Gasteiger partial charge in [0.2, 0.25) is 0 Å². The summed E-state index contributed by atoms with van der Waals surface area (Å²) in [4.78, 5) is 16.4. The van der Waals surface area contributed by atoms with Crippen LogP contribution < -0.4 is 4.90 Å². The van der Waals surface area contributed by atoms with Crippen molar-refractivity contribution in [3.05, 3.63) is 50.6 Å². The number of morpholine rings is 1. The number of benzene rings is 1. The van der Waals surface area contributed by atoms with E-state index in [1.165, 1.54) is 17.0 Å². The fourth-order valence-corrected chi connectivity index (χ4v) is 3.75. The summed E-state index contributed by atoms with van der Waals surface area (Å²) in [6, 6.07) is 10.3. The van der Waals surface area contributed by atoms with E-state index in [1.54, 1.807) is 4.90 Å². The Morgan fingerprint density at radius 3 is 2.61 bits per heavy atom. The maximum Gasteiger partial charge on any atom is 0.254 e. The summed E-state index contributed by atoms with van der Waals surface area (Å²) in [6.45, 7) is 4.05. The van der Waals surface area contributed by atoms with Crippen molar-refractivity contribution in [2.75, 3.05) is 38.3 Å². The van der Waals surface area contributed by atoms with E-state index in [2.05, 4.69) is 45.1 Å². The SMILES string of the molecule is CN(Cc1ccc(N2CCOCC2)cc1)C(=O)c1csc(Br)c1. The number of nitrogens with zero attached hydrogens (tertiary/aromatic N) is 2. The van der Waals surface area contributed by atoms with Gasteiger partial charge in [-0.15, -0.1) is 11.3 Å². The molecule has 1 fully saturated rings. The number of rotatable bonds is 4. The molecule has 0 saturated carbocycles. The van der Waals surface area contributed by atoms with Crippen LogP contribution in [0.4, 0.5) is 5.69 Å². The van der Waals surface area contributed by atoms with E-state index < -0.39 is 0 Å². The highest BCUT2D eigenvalue weighted by atomic mass is 79.9. The zero-order valence-electron chi connectivity index (χ0n) is 13.0. The lowest BCUT2D eigenvalue weighted by Crippen LogP contribution is -2.36. The summed E-state index contributed by atoms with van der Waals surface area (Å²) in [7, 11) is 1.84. The first-order chi connectivity index (χ1) is 11.1. The Balaban J connectivity index is 1.62. The molecule has 0 aliphatic carbocycles. The minimum Gasteiger partial charge on any atom is -0.378 e. The van der Waals surface area contributed by atoms with Crippen LogP contribution >= 0.6 is 27.3 Å². The number of carbonyl (C=O) groups is 1. The van der Waals surface area contributed by atoms with Crippen molar-refractivity contribution in [3.8, 4) is 0 Å². The Hall–Kier alpha value is -1.37. The smallest absolute Gasteiger partial charge is 0.254 e. The van der Waals surface area contributed by atoms with E-state index in [9.17, 15) is 4.79 Å². The molecule has 1 saturated heterocycles. The van der Waals surface area contributed by atoms with Crippen LogP contribution in [-0.2, 0) is 11.3 Å². The van der Waals surface area contributed by atoms with Crippen LogP contribution in [-0.4, -0.2) is 44.2 Å². The van der Waals surface area contributed by atoms with Gasteiger partial charge < -0.3 is 14.5 Å². The fraction of sp³-hybridized carbons (Fsp3) is 0.353. The van der Waals surface area contributed by atoms with Crippen molar-refractivity contribution in [1.82, 2.24) is 4.90 Å². The highest BCUT2D eigenvalue weighted by molar-refractivity contribution is 9.11. The minimum atomic E-state index is 0.0456. The summed E-state index contributed by atoms with van der Waals surface area (Å²) < 4.78 is 6.36. The first-order valence-corrected chi connectivity index (χ1v) is 9.22. The molecule has 0 atom stereocenters. The normalized spacial score (nSPS) is 14.8. The lowest BCUT2D eigenvalue weighted by molar-refractivity contribution is 0.0785. The average Bonchev–Trinajstić information content (AvgIpc) is 3.02. The zero-order valence-corrected chi connectivity index (χ0v) is 15.4. The molecule has 6 heteroatoms. The second-order valence-corrected chi connectivity index (χ2v) is 7.86. The summed E-state index contributed by atoms with van der Waals surface area (Å²) in [5.41, 5.74) is 3.08. The topological polar surface area (TPSA) is 32.8 Å². The molecule has 2 aromatic rings. The molecule has 0 unspecified atom stereocenters. The number of anilines is 1. The molecule has 0 N–H and O–H groups in total. The maximum atomic E-state index is 12.4. The second-order valence-electron chi connectivity index (χ2n) is 5.57. The van der Waals surface area contributed by atoms with Crippen LogP contribution in [0.25, 0.3) is 0 Å². The third-order valence-electron chi connectivity index (χ3n) is 3.89. The van der Waals surface area contributed by atoms with Crippen molar-refractivity contribution in [2.45, 2.75) is 6.54 Å². The van der Waals surface area contributed by atoms with E-state index in [0.29, 0.717) is 6.54 Å². The second kappa shape index (κ2) is 7.47. The van der Waals surface area contributed by atoms with Gasteiger partial charge in [0.1, 0.15) is 0 Å². The summed E-state index contributed by atoms with van der Waals surface area (Å²) in [5, 5.41) is 1.88. The first-order valence-electron chi connectivity index (χ1n) is 7.54. The molecule has 1 aromatic heterocycles. The van der Waals surface area contributed by atoms with Gasteiger partial charge in [0, 0.05) is 37.7 Å². The summed E-state index contributed by atoms with van der Waals surface area (Å²) in [5.74, 6) is 0.0456. The van der Waals surface area contributed by atoms with Gasteiger partial charge in [-0.1, -0.05) is 12.1 Å². The predicted molar refractivity (Wildman–Crippen MR) is 97.3 cm³/mol. The van der Waals surface area contributed by atoms with Gasteiger partial charge in [0.05, 0.1) is 22.6 Å². The monoisotopic (exact) mass is 394 g/mol. The van der Waals surface area contributed by atoms with Crippen LogP contribution in [0.5, 0.6) is 0 Å². The lowest BCUT2D eigenvalue weighted by Gasteiger charge is -2.29. The molecule has 0 spiro atoms. The molecule has 0 bridgehead atoms. The molecule has 1 aromatic carbocycles. The molecular formula is C17H19BrN2O2S. The van der Waals surface area contributed by atoms with Gasteiger partial charge in [-0.05, 0) is 39.7 Å². The Morgan fingerprint density at radius 2 is 2.00 bits per heavy atom. The van der Waals surface area contributed by atoms with Crippen molar-refractivity contribution < 1.29 is 9.53 Å². The van der Waals surface area contributed by atoms with E-state index in [1.807, 2.05) is 18.5 Å². The van der Waals surface area contributed by atoms with Gasteiger partial charge in [0.25, 0.3) is 5.91 Å². The summed E-state index contributed by atoms with van der Waals surface area (Å²) >= 11 is 4.92. The third-order valence-corrected chi connectivity index (χ3v) is 5.40. The lowest BCUT2D eigenvalue weighted by atomic mass is 10.1. The van der Waals surface area contributed by atoms with Crippen molar-refractivity contribution >= 4 is 38.9 Å². The van der Waals surface area contributed by atoms with Gasteiger partial charge in [-0.3, -0.25) is 4.79 Å². The Bertz CT molecular complexity index is 665. The van der Waals surface area contributed by atoms with E-state index in [4.69, 9.17) is 4.74 Å². The molecule has 3 rings (SSSR count). The molecule has 23 heavy (non-hydrogen) atoms. The molecule has 0 radical (unpaired) electrons. The number of carbonyl (C=O) groups excluding carboxylic acids is 1. The van der Waals surface area contributed by atoms with Crippen LogP contribution in [0.3, 0.4) is 0 Å². The van der Waals surface area contributed by atoms with Gasteiger partial charge in [-0.2, -0.15) is 0 Å². The third kappa shape index (κ3) is 4.13. The van der Waals surface area contributed by atoms with E-state index in [0.717, 1.165) is 41.2 Å². The molecule has 1 aliphatic heterocycles. The molecule has 1 aliphatic rings. The molecule has 4 nitrogen and oxygen atoms in total. The number of ether oxygens (including phenoxy) is 1.